The van der Waals surface area contributed by atoms with Crippen molar-refractivity contribution >= 4 is 6.09 Å². The van der Waals surface area contributed by atoms with Crippen molar-refractivity contribution in [2.24, 2.45) is 5.92 Å². The molecule has 0 saturated heterocycles. The Morgan fingerprint density at radius 2 is 1.82 bits per heavy atom. The third kappa shape index (κ3) is 8.98. The van der Waals surface area contributed by atoms with Crippen molar-refractivity contribution in [3.8, 4) is 0 Å². The fourth-order valence-corrected chi connectivity index (χ4v) is 1.46. The second-order valence-corrected chi connectivity index (χ2v) is 6.07. The molecule has 1 atom stereocenters. The summed E-state index contributed by atoms with van der Waals surface area (Å²) in [5.74, 6) is 0.629. The zero-order chi connectivity index (χ0) is 13.6. The van der Waals surface area contributed by atoms with Gasteiger partial charge in [0, 0.05) is 19.1 Å². The maximum atomic E-state index is 11.5. The predicted molar refractivity (Wildman–Crippen MR) is 71.2 cm³/mol. The Hall–Kier alpha value is -0.770. The van der Waals surface area contributed by atoms with Crippen molar-refractivity contribution in [2.45, 2.75) is 53.2 Å². The van der Waals surface area contributed by atoms with Crippen LogP contribution in [0.15, 0.2) is 0 Å². The van der Waals surface area contributed by atoms with Gasteiger partial charge >= 0.3 is 6.09 Å². The van der Waals surface area contributed by atoms with Crippen molar-refractivity contribution in [3.63, 3.8) is 0 Å². The molecule has 102 valence electrons. The summed E-state index contributed by atoms with van der Waals surface area (Å²) in [6.07, 6.45) is -0.345. The predicted octanol–water partition coefficient (Wildman–Crippen LogP) is 2.49. The molecule has 0 aromatic heterocycles. The van der Waals surface area contributed by atoms with Gasteiger partial charge in [-0.25, -0.2) is 4.79 Å². The molecule has 0 aromatic rings. The van der Waals surface area contributed by atoms with E-state index in [-0.39, 0.29) is 6.09 Å². The van der Waals surface area contributed by atoms with E-state index in [1.54, 1.807) is 0 Å². The van der Waals surface area contributed by atoms with Crippen molar-refractivity contribution in [1.29, 1.82) is 0 Å². The topological polar surface area (TPSA) is 41.6 Å². The van der Waals surface area contributed by atoms with Gasteiger partial charge in [0.2, 0.25) is 0 Å². The van der Waals surface area contributed by atoms with Gasteiger partial charge in [0.05, 0.1) is 0 Å². The fraction of sp³-hybridized carbons (Fsp3) is 0.923. The summed E-state index contributed by atoms with van der Waals surface area (Å²) in [5.41, 5.74) is -0.433. The van der Waals surface area contributed by atoms with Gasteiger partial charge in [-0.3, -0.25) is 0 Å². The number of hydrogen-bond donors (Lipinski definition) is 1. The molecule has 0 aliphatic rings. The lowest BCUT2D eigenvalue weighted by molar-refractivity contribution is 0.0512. The van der Waals surface area contributed by atoms with Crippen LogP contribution in [0, 0.1) is 5.92 Å². The lowest BCUT2D eigenvalue weighted by Crippen LogP contribution is -2.43. The number of nitrogens with one attached hydrogen (secondary N) is 1. The standard InChI is InChI=1S/C13H28N2O2/c1-10(2)9-15(7)11(3)8-14-12(16)17-13(4,5)6/h10-11H,8-9H2,1-7H3,(H,14,16)/t11-/m1/s1. The van der Waals surface area contributed by atoms with Crippen LogP contribution in [0.2, 0.25) is 0 Å². The van der Waals surface area contributed by atoms with E-state index in [1.165, 1.54) is 0 Å². The maximum absolute atomic E-state index is 11.5. The highest BCUT2D eigenvalue weighted by Gasteiger charge is 2.17. The Morgan fingerprint density at radius 3 is 2.24 bits per heavy atom. The number of rotatable bonds is 5. The second-order valence-electron chi connectivity index (χ2n) is 6.07. The zero-order valence-electron chi connectivity index (χ0n) is 12.3. The van der Waals surface area contributed by atoms with Gasteiger partial charge in [0.1, 0.15) is 5.60 Å². The molecule has 4 heteroatoms. The Balaban J connectivity index is 3.91. The molecule has 0 spiro atoms. The summed E-state index contributed by atoms with van der Waals surface area (Å²) < 4.78 is 5.18. The minimum Gasteiger partial charge on any atom is -0.444 e. The summed E-state index contributed by atoms with van der Waals surface area (Å²) in [6.45, 7) is 13.7. The highest BCUT2D eigenvalue weighted by atomic mass is 16.6. The van der Waals surface area contributed by atoms with Gasteiger partial charge in [0.25, 0.3) is 0 Å². The number of nitrogens with zero attached hydrogens (tertiary/aromatic N) is 1. The van der Waals surface area contributed by atoms with Crippen LogP contribution in [0.25, 0.3) is 0 Å². The molecule has 0 aliphatic heterocycles. The highest BCUT2D eigenvalue weighted by Crippen LogP contribution is 2.06. The molecule has 0 saturated carbocycles. The first-order chi connectivity index (χ1) is 7.61. The third-order valence-electron chi connectivity index (χ3n) is 2.35. The Morgan fingerprint density at radius 1 is 1.29 bits per heavy atom. The average molecular weight is 244 g/mol. The molecular weight excluding hydrogens is 216 g/mol. The number of amides is 1. The molecule has 0 aromatic carbocycles. The summed E-state index contributed by atoms with van der Waals surface area (Å²) >= 11 is 0. The summed E-state index contributed by atoms with van der Waals surface area (Å²) in [6, 6.07) is 0.310. The third-order valence-corrected chi connectivity index (χ3v) is 2.35. The molecule has 17 heavy (non-hydrogen) atoms. The fourth-order valence-electron chi connectivity index (χ4n) is 1.46. The van der Waals surface area contributed by atoms with Gasteiger partial charge < -0.3 is 15.0 Å². The second kappa shape index (κ2) is 6.84. The number of alkyl carbamates (subject to hydrolysis) is 1. The summed E-state index contributed by atoms with van der Waals surface area (Å²) in [5, 5.41) is 2.79. The molecule has 0 rings (SSSR count). The molecule has 0 bridgehead atoms. The molecule has 0 fully saturated rings. The lowest BCUT2D eigenvalue weighted by Gasteiger charge is -2.27. The van der Waals surface area contributed by atoms with Crippen molar-refractivity contribution < 1.29 is 9.53 Å². The van der Waals surface area contributed by atoms with Crippen LogP contribution in [-0.2, 0) is 4.74 Å². The normalized spacial score (nSPS) is 13.9. The molecule has 1 N–H and O–H groups in total. The smallest absolute Gasteiger partial charge is 0.407 e. The van der Waals surface area contributed by atoms with E-state index in [2.05, 4.69) is 38.0 Å². The molecule has 0 radical (unpaired) electrons. The SMILES string of the molecule is CC(C)CN(C)[C@H](C)CNC(=O)OC(C)(C)C. The first-order valence-corrected chi connectivity index (χ1v) is 6.29. The largest absolute Gasteiger partial charge is 0.444 e. The first-order valence-electron chi connectivity index (χ1n) is 6.29. The zero-order valence-corrected chi connectivity index (χ0v) is 12.3. The molecule has 4 nitrogen and oxygen atoms in total. The van der Waals surface area contributed by atoms with Crippen molar-refractivity contribution in [3.05, 3.63) is 0 Å². The average Bonchev–Trinajstić information content (AvgIpc) is 2.10. The molecule has 1 amide bonds. The van der Waals surface area contributed by atoms with E-state index >= 15 is 0 Å². The molecule has 0 unspecified atom stereocenters. The molecule has 0 heterocycles. The van der Waals surface area contributed by atoms with Gasteiger partial charge in [-0.1, -0.05) is 13.8 Å². The minimum atomic E-state index is -0.433. The van der Waals surface area contributed by atoms with Crippen molar-refractivity contribution in [2.75, 3.05) is 20.1 Å². The number of hydrogen-bond acceptors (Lipinski definition) is 3. The van der Waals surface area contributed by atoms with Crippen LogP contribution >= 0.6 is 0 Å². The van der Waals surface area contributed by atoms with E-state index in [0.717, 1.165) is 6.54 Å². The van der Waals surface area contributed by atoms with Crippen LogP contribution in [0.4, 0.5) is 4.79 Å². The highest BCUT2D eigenvalue weighted by molar-refractivity contribution is 5.67. The molecule has 0 aliphatic carbocycles. The Bertz CT molecular complexity index is 234. The summed E-state index contributed by atoms with van der Waals surface area (Å²) in [4.78, 5) is 13.7. The first kappa shape index (κ1) is 16.2. The van der Waals surface area contributed by atoms with E-state index in [1.807, 2.05) is 20.8 Å². The van der Waals surface area contributed by atoms with Crippen LogP contribution in [0.5, 0.6) is 0 Å². The minimum absolute atomic E-state index is 0.310. The van der Waals surface area contributed by atoms with Crippen LogP contribution in [0.3, 0.4) is 0 Å². The Kier molecular flexibility index (Phi) is 6.53. The number of carbonyl (C=O) groups is 1. The van der Waals surface area contributed by atoms with Crippen LogP contribution in [0.1, 0.15) is 41.5 Å². The van der Waals surface area contributed by atoms with Gasteiger partial charge in [0.15, 0.2) is 0 Å². The quantitative estimate of drug-likeness (QED) is 0.808. The van der Waals surface area contributed by atoms with E-state index < -0.39 is 5.60 Å². The van der Waals surface area contributed by atoms with Crippen molar-refractivity contribution in [1.82, 2.24) is 10.2 Å². The number of ether oxygens (including phenoxy) is 1. The Labute approximate surface area is 106 Å². The van der Waals surface area contributed by atoms with E-state index in [4.69, 9.17) is 4.74 Å². The summed E-state index contributed by atoms with van der Waals surface area (Å²) in [7, 11) is 2.07. The number of carbonyl (C=O) groups excluding carboxylic acids is 1. The van der Waals surface area contributed by atoms with Gasteiger partial charge in [-0.05, 0) is 40.7 Å². The molecular formula is C13H28N2O2. The number of likely N-dealkylation sites (N-methyl/N-ethyl adjacent to an activating group) is 1. The van der Waals surface area contributed by atoms with Gasteiger partial charge in [-0.15, -0.1) is 0 Å². The monoisotopic (exact) mass is 244 g/mol. The lowest BCUT2D eigenvalue weighted by atomic mass is 10.2. The van der Waals surface area contributed by atoms with Gasteiger partial charge in [-0.2, -0.15) is 0 Å². The maximum Gasteiger partial charge on any atom is 0.407 e. The van der Waals surface area contributed by atoms with E-state index in [9.17, 15) is 4.79 Å². The van der Waals surface area contributed by atoms with E-state index in [0.29, 0.717) is 18.5 Å². The van der Waals surface area contributed by atoms with Crippen LogP contribution < -0.4 is 5.32 Å². The van der Waals surface area contributed by atoms with Crippen LogP contribution in [-0.4, -0.2) is 42.8 Å².